The third-order valence-corrected chi connectivity index (χ3v) is 3.51. The summed E-state index contributed by atoms with van der Waals surface area (Å²) in [5.74, 6) is -0.366. The van der Waals surface area contributed by atoms with Crippen LogP contribution in [0.25, 0.3) is 6.08 Å². The molecule has 20 heavy (non-hydrogen) atoms. The summed E-state index contributed by atoms with van der Waals surface area (Å²) < 4.78 is 6.48. The van der Waals surface area contributed by atoms with Gasteiger partial charge in [-0.3, -0.25) is 0 Å². The summed E-state index contributed by atoms with van der Waals surface area (Å²) in [5, 5.41) is 8.95. The maximum absolute atomic E-state index is 10.9. The Morgan fingerprint density at radius 3 is 2.65 bits per heavy atom. The smallest absolute Gasteiger partial charge is 0.335 e. The number of carboxylic acid groups (broad SMARTS) is 1. The number of rotatable bonds is 5. The summed E-state index contributed by atoms with van der Waals surface area (Å²) in [6.45, 7) is 0.397. The van der Waals surface area contributed by atoms with Crippen molar-refractivity contribution >= 4 is 34.6 Å². The Balaban J connectivity index is 1.99. The zero-order chi connectivity index (χ0) is 14.4. The van der Waals surface area contributed by atoms with E-state index in [2.05, 4.69) is 22.6 Å². The van der Waals surface area contributed by atoms with Crippen molar-refractivity contribution in [3.8, 4) is 5.75 Å². The van der Waals surface area contributed by atoms with Crippen molar-refractivity contribution in [2.24, 2.45) is 0 Å². The van der Waals surface area contributed by atoms with Gasteiger partial charge in [-0.25, -0.2) is 4.79 Å². The molecular weight excluding hydrogens is 367 g/mol. The van der Waals surface area contributed by atoms with Crippen LogP contribution in [0, 0.1) is 3.57 Å². The third-order valence-electron chi connectivity index (χ3n) is 2.62. The minimum atomic E-state index is -0.953. The lowest BCUT2D eigenvalue weighted by Crippen LogP contribution is -2.00. The number of aromatic carboxylic acids is 1. The lowest BCUT2D eigenvalue weighted by Gasteiger charge is -2.06. The normalized spacial score (nSPS) is 10.7. The average molecular weight is 380 g/mol. The van der Waals surface area contributed by atoms with Crippen molar-refractivity contribution in [1.82, 2.24) is 0 Å². The topological polar surface area (TPSA) is 46.5 Å². The second-order valence-corrected chi connectivity index (χ2v) is 5.24. The number of ether oxygens (including phenoxy) is 1. The van der Waals surface area contributed by atoms with Gasteiger partial charge in [-0.2, -0.15) is 0 Å². The van der Waals surface area contributed by atoms with Crippen LogP contribution in [0.2, 0.25) is 0 Å². The van der Waals surface area contributed by atoms with Crippen LogP contribution in [0.1, 0.15) is 15.9 Å². The molecule has 0 aliphatic heterocycles. The van der Waals surface area contributed by atoms with Crippen molar-refractivity contribution in [3.63, 3.8) is 0 Å². The quantitative estimate of drug-likeness (QED) is 0.796. The van der Waals surface area contributed by atoms with Crippen molar-refractivity contribution in [2.45, 2.75) is 0 Å². The summed E-state index contributed by atoms with van der Waals surface area (Å²) in [4.78, 5) is 10.9. The fraction of sp³-hybridized carbons (Fsp3) is 0.0625. The second-order valence-electron chi connectivity index (χ2n) is 4.07. The van der Waals surface area contributed by atoms with E-state index in [1.165, 1.54) is 0 Å². The van der Waals surface area contributed by atoms with Gasteiger partial charge < -0.3 is 9.84 Å². The first kappa shape index (κ1) is 14.6. The molecule has 102 valence electrons. The predicted molar refractivity (Wildman–Crippen MR) is 87.1 cm³/mol. The molecule has 3 nitrogen and oxygen atoms in total. The highest BCUT2D eigenvalue weighted by atomic mass is 127. The number of hydrogen-bond acceptors (Lipinski definition) is 2. The lowest BCUT2D eigenvalue weighted by molar-refractivity contribution is 0.0696. The molecule has 0 atom stereocenters. The molecule has 0 fully saturated rings. The van der Waals surface area contributed by atoms with E-state index < -0.39 is 5.97 Å². The van der Waals surface area contributed by atoms with Crippen LogP contribution in [-0.2, 0) is 0 Å². The van der Waals surface area contributed by atoms with Crippen LogP contribution in [0.4, 0.5) is 0 Å². The molecule has 4 heteroatoms. The Bertz CT molecular complexity index is 621. The van der Waals surface area contributed by atoms with Crippen molar-refractivity contribution < 1.29 is 14.6 Å². The Hall–Kier alpha value is -1.82. The minimum Gasteiger partial charge on any atom is -0.488 e. The van der Waals surface area contributed by atoms with Crippen LogP contribution >= 0.6 is 22.6 Å². The van der Waals surface area contributed by atoms with Gasteiger partial charge in [-0.05, 0) is 52.4 Å². The molecule has 0 aliphatic rings. The van der Waals surface area contributed by atoms with Crippen molar-refractivity contribution in [1.29, 1.82) is 0 Å². The van der Waals surface area contributed by atoms with E-state index in [-0.39, 0.29) is 5.56 Å². The highest BCUT2D eigenvalue weighted by molar-refractivity contribution is 14.1. The van der Waals surface area contributed by atoms with Crippen LogP contribution < -0.4 is 4.74 Å². The lowest BCUT2D eigenvalue weighted by atomic mass is 10.2. The molecule has 0 spiro atoms. The third kappa shape index (κ3) is 4.09. The fourth-order valence-corrected chi connectivity index (χ4v) is 2.12. The monoisotopic (exact) mass is 380 g/mol. The minimum absolute atomic E-state index is 0.229. The van der Waals surface area contributed by atoms with Gasteiger partial charge in [0.2, 0.25) is 0 Å². The largest absolute Gasteiger partial charge is 0.488 e. The standard InChI is InChI=1S/C16H13IO3/c17-14-9-8-13(16(18)19)11-15(14)20-10-4-7-12-5-2-1-3-6-12/h1-9,11H,10H2,(H,18,19)/b7-4+. The first-order valence-electron chi connectivity index (χ1n) is 6.04. The number of carbonyl (C=O) groups is 1. The van der Waals surface area contributed by atoms with Gasteiger partial charge in [0.15, 0.2) is 0 Å². The molecule has 2 aromatic rings. The average Bonchev–Trinajstić information content (AvgIpc) is 2.46. The fourth-order valence-electron chi connectivity index (χ4n) is 1.63. The zero-order valence-electron chi connectivity index (χ0n) is 10.6. The summed E-state index contributed by atoms with van der Waals surface area (Å²) in [7, 11) is 0. The molecule has 0 bridgehead atoms. The van der Waals surface area contributed by atoms with Gasteiger partial charge >= 0.3 is 5.97 Å². The predicted octanol–water partition coefficient (Wildman–Crippen LogP) is 4.08. The van der Waals surface area contributed by atoms with E-state index in [9.17, 15) is 4.79 Å². The molecule has 0 aromatic heterocycles. The van der Waals surface area contributed by atoms with Gasteiger partial charge in [-0.15, -0.1) is 0 Å². The van der Waals surface area contributed by atoms with Crippen LogP contribution in [0.15, 0.2) is 54.6 Å². The number of halogens is 1. The zero-order valence-corrected chi connectivity index (χ0v) is 12.8. The van der Waals surface area contributed by atoms with Gasteiger partial charge in [-0.1, -0.05) is 36.4 Å². The molecule has 2 aromatic carbocycles. The molecule has 0 saturated carbocycles. The summed E-state index contributed by atoms with van der Waals surface area (Å²) in [6.07, 6.45) is 3.87. The van der Waals surface area contributed by atoms with E-state index in [0.717, 1.165) is 9.13 Å². The maximum Gasteiger partial charge on any atom is 0.335 e. The van der Waals surface area contributed by atoms with E-state index >= 15 is 0 Å². The second kappa shape index (κ2) is 7.09. The van der Waals surface area contributed by atoms with Crippen molar-refractivity contribution in [2.75, 3.05) is 6.61 Å². The first-order valence-corrected chi connectivity index (χ1v) is 7.12. The van der Waals surface area contributed by atoms with E-state index in [1.807, 2.05) is 42.5 Å². The maximum atomic E-state index is 10.9. The summed E-state index contributed by atoms with van der Waals surface area (Å²) >= 11 is 2.12. The Morgan fingerprint density at radius 2 is 1.95 bits per heavy atom. The molecule has 1 N–H and O–H groups in total. The Kier molecular flexibility index (Phi) is 5.17. The highest BCUT2D eigenvalue weighted by Gasteiger charge is 2.07. The Labute approximate surface area is 131 Å². The molecule has 0 aliphatic carbocycles. The molecule has 0 radical (unpaired) electrons. The molecule has 0 heterocycles. The number of benzene rings is 2. The molecule has 0 amide bonds. The van der Waals surface area contributed by atoms with E-state index in [0.29, 0.717) is 12.4 Å². The van der Waals surface area contributed by atoms with Gasteiger partial charge in [0, 0.05) is 0 Å². The number of hydrogen-bond donors (Lipinski definition) is 1. The van der Waals surface area contributed by atoms with E-state index in [4.69, 9.17) is 9.84 Å². The summed E-state index contributed by atoms with van der Waals surface area (Å²) in [6, 6.07) is 14.8. The highest BCUT2D eigenvalue weighted by Crippen LogP contribution is 2.22. The van der Waals surface area contributed by atoms with E-state index in [1.54, 1.807) is 18.2 Å². The Morgan fingerprint density at radius 1 is 1.20 bits per heavy atom. The van der Waals surface area contributed by atoms with Crippen LogP contribution in [0.5, 0.6) is 5.75 Å². The van der Waals surface area contributed by atoms with Crippen LogP contribution in [0.3, 0.4) is 0 Å². The number of carboxylic acids is 1. The first-order chi connectivity index (χ1) is 9.66. The molecular formula is C16H13IO3. The van der Waals surface area contributed by atoms with Gasteiger partial charge in [0.1, 0.15) is 12.4 Å². The summed E-state index contributed by atoms with van der Waals surface area (Å²) in [5.41, 5.74) is 1.33. The van der Waals surface area contributed by atoms with Gasteiger partial charge in [0.05, 0.1) is 9.13 Å². The molecule has 2 rings (SSSR count). The van der Waals surface area contributed by atoms with Crippen LogP contribution in [-0.4, -0.2) is 17.7 Å². The molecule has 0 saturated heterocycles. The van der Waals surface area contributed by atoms with Gasteiger partial charge in [0.25, 0.3) is 0 Å². The molecule has 0 unspecified atom stereocenters. The SMILES string of the molecule is O=C(O)c1ccc(I)c(OC/C=C/c2ccccc2)c1. The van der Waals surface area contributed by atoms with Crippen molar-refractivity contribution in [3.05, 3.63) is 69.3 Å².